The van der Waals surface area contributed by atoms with E-state index < -0.39 is 52.6 Å². The third-order valence-corrected chi connectivity index (χ3v) is 11.9. The number of rotatable bonds is 1. The fraction of sp³-hybridized carbons (Fsp3) is 0.793. The van der Waals surface area contributed by atoms with E-state index in [0.29, 0.717) is 38.7 Å². The Morgan fingerprint density at radius 3 is 2.74 bits per heavy atom. The lowest BCUT2D eigenvalue weighted by Gasteiger charge is -2.63. The van der Waals surface area contributed by atoms with Gasteiger partial charge >= 0.3 is 5.97 Å². The van der Waals surface area contributed by atoms with Crippen LogP contribution in [-0.4, -0.2) is 84.1 Å². The van der Waals surface area contributed by atoms with Crippen LogP contribution in [0.1, 0.15) is 52.4 Å². The number of aliphatic hydroxyl groups is 2. The van der Waals surface area contributed by atoms with Gasteiger partial charge in [0.2, 0.25) is 12.1 Å². The molecule has 0 aromatic carbocycles. The minimum absolute atomic E-state index is 0.110. The monoisotopic (exact) mass is 544 g/mol. The van der Waals surface area contributed by atoms with Crippen molar-refractivity contribution < 1.29 is 48.2 Å². The van der Waals surface area contributed by atoms with E-state index in [2.05, 4.69) is 13.0 Å². The van der Waals surface area contributed by atoms with E-state index >= 15 is 0 Å². The maximum absolute atomic E-state index is 14.3. The summed E-state index contributed by atoms with van der Waals surface area (Å²) in [4.78, 5) is 26.1. The summed E-state index contributed by atoms with van der Waals surface area (Å²) < 4.78 is 35.9. The van der Waals surface area contributed by atoms with Crippen molar-refractivity contribution >= 4 is 11.8 Å². The number of hydrogen-bond donors (Lipinski definition) is 2. The van der Waals surface area contributed by atoms with Crippen LogP contribution in [0.15, 0.2) is 23.3 Å². The molecule has 0 aromatic rings. The van der Waals surface area contributed by atoms with Gasteiger partial charge in [0.1, 0.15) is 24.9 Å². The molecule has 6 fully saturated rings. The Kier molecular flexibility index (Phi) is 5.14. The van der Waals surface area contributed by atoms with Crippen LogP contribution in [0.4, 0.5) is 0 Å². The van der Waals surface area contributed by atoms with Crippen LogP contribution in [0.5, 0.6) is 0 Å². The Morgan fingerprint density at radius 2 is 1.95 bits per heavy atom. The van der Waals surface area contributed by atoms with Crippen molar-refractivity contribution in [2.75, 3.05) is 20.0 Å². The van der Waals surface area contributed by atoms with Gasteiger partial charge in [0.15, 0.2) is 12.6 Å². The van der Waals surface area contributed by atoms with Gasteiger partial charge in [-0.2, -0.15) is 0 Å². The summed E-state index contributed by atoms with van der Waals surface area (Å²) in [6, 6.07) is 0. The minimum Gasteiger partial charge on any atom is -0.458 e. The zero-order chi connectivity index (χ0) is 26.9. The van der Waals surface area contributed by atoms with Crippen molar-refractivity contribution in [3.05, 3.63) is 23.3 Å². The fourth-order valence-corrected chi connectivity index (χ4v) is 9.91. The molecule has 0 unspecified atom stereocenters. The van der Waals surface area contributed by atoms with Crippen LogP contribution < -0.4 is 0 Å². The number of esters is 1. The molecule has 3 saturated carbocycles. The van der Waals surface area contributed by atoms with Gasteiger partial charge in [0.05, 0.1) is 18.3 Å². The number of cyclic esters (lactones) is 1. The third kappa shape index (κ3) is 2.96. The summed E-state index contributed by atoms with van der Waals surface area (Å²) in [6.45, 7) is 4.67. The third-order valence-electron chi connectivity index (χ3n) is 11.9. The molecule has 1 spiro atoms. The molecular weight excluding hydrogens is 508 g/mol. The average molecular weight is 545 g/mol. The maximum Gasteiger partial charge on any atom is 0.331 e. The fourth-order valence-electron chi connectivity index (χ4n) is 9.91. The summed E-state index contributed by atoms with van der Waals surface area (Å²) in [5.74, 6) is -2.97. The molecule has 2 N–H and O–H groups in total. The van der Waals surface area contributed by atoms with Crippen molar-refractivity contribution in [3.8, 4) is 0 Å². The van der Waals surface area contributed by atoms with Crippen LogP contribution >= 0.6 is 0 Å². The lowest BCUT2D eigenvalue weighted by atomic mass is 9.43. The van der Waals surface area contributed by atoms with Gasteiger partial charge in [-0.05, 0) is 49.5 Å². The molecule has 212 valence electrons. The highest BCUT2D eigenvalue weighted by Gasteiger charge is 2.74. The van der Waals surface area contributed by atoms with Gasteiger partial charge in [-0.1, -0.05) is 25.5 Å². The highest BCUT2D eigenvalue weighted by Crippen LogP contribution is 2.69. The number of fused-ring (bicyclic) bond motifs is 6. The van der Waals surface area contributed by atoms with Crippen molar-refractivity contribution in [2.24, 2.45) is 28.6 Å². The van der Waals surface area contributed by atoms with E-state index in [1.165, 1.54) is 6.08 Å². The highest BCUT2D eigenvalue weighted by atomic mass is 16.9. The second-order valence-electron chi connectivity index (χ2n) is 13.3. The molecule has 10 heteroatoms. The average Bonchev–Trinajstić information content (AvgIpc) is 3.60. The molecular formula is C29H36O10. The first-order valence-electron chi connectivity index (χ1n) is 14.3. The number of allylic oxidation sites excluding steroid dienone is 1. The quantitative estimate of drug-likeness (QED) is 0.370. The lowest BCUT2D eigenvalue weighted by Crippen LogP contribution is -2.71. The van der Waals surface area contributed by atoms with Gasteiger partial charge in [0.25, 0.3) is 0 Å². The Balaban J connectivity index is 1.16. The van der Waals surface area contributed by atoms with Gasteiger partial charge < -0.3 is 38.6 Å². The van der Waals surface area contributed by atoms with Gasteiger partial charge in [0, 0.05) is 29.2 Å². The highest BCUT2D eigenvalue weighted by molar-refractivity contribution is 5.90. The Bertz CT molecular complexity index is 1200. The van der Waals surface area contributed by atoms with Crippen LogP contribution in [0.25, 0.3) is 0 Å². The molecule has 0 aromatic heterocycles. The molecule has 4 aliphatic carbocycles. The molecule has 8 aliphatic rings. The van der Waals surface area contributed by atoms with Gasteiger partial charge in [-0.25, -0.2) is 4.79 Å². The second-order valence-corrected chi connectivity index (χ2v) is 13.3. The number of Topliss-reactive ketones (excluding diaryl/α,β-unsaturated/α-hetero) is 1. The number of aliphatic hydroxyl groups excluding tert-OH is 1. The first kappa shape index (κ1) is 25.1. The Morgan fingerprint density at radius 1 is 1.10 bits per heavy atom. The molecule has 4 heterocycles. The summed E-state index contributed by atoms with van der Waals surface area (Å²) >= 11 is 0. The molecule has 3 saturated heterocycles. The van der Waals surface area contributed by atoms with Crippen molar-refractivity contribution in [3.63, 3.8) is 0 Å². The molecule has 0 radical (unpaired) electrons. The summed E-state index contributed by atoms with van der Waals surface area (Å²) in [5, 5.41) is 24.2. The second kappa shape index (κ2) is 8.00. The Hall–Kier alpha value is -1.66. The van der Waals surface area contributed by atoms with Crippen LogP contribution in [0.2, 0.25) is 0 Å². The van der Waals surface area contributed by atoms with Crippen LogP contribution in [-0.2, 0) is 38.0 Å². The number of carbonyl (C=O) groups is 2. The van der Waals surface area contributed by atoms with E-state index in [0.717, 1.165) is 17.6 Å². The van der Waals surface area contributed by atoms with E-state index in [1.54, 1.807) is 0 Å². The number of carbonyl (C=O) groups excluding carboxylic acids is 2. The zero-order valence-electron chi connectivity index (χ0n) is 22.3. The van der Waals surface area contributed by atoms with Crippen LogP contribution in [0.3, 0.4) is 0 Å². The Labute approximate surface area is 226 Å². The summed E-state index contributed by atoms with van der Waals surface area (Å²) in [7, 11) is 0. The molecule has 4 aliphatic heterocycles. The smallest absolute Gasteiger partial charge is 0.331 e. The summed E-state index contributed by atoms with van der Waals surface area (Å²) in [6.07, 6.45) is 4.03. The number of ketones is 1. The molecule has 0 amide bonds. The summed E-state index contributed by atoms with van der Waals surface area (Å²) in [5.41, 5.74) is -1.11. The zero-order valence-corrected chi connectivity index (χ0v) is 22.3. The molecule has 39 heavy (non-hydrogen) atoms. The standard InChI is InChI=1S/C29H36O10/c1-26-11-19-18(38-25-29(39-19)20(6-8-34-25)36-13-37-29)10-15(26)3-4-17-22(26)23(31)24(32)27(2)16(5-7-28(17,27)33)14-9-21(30)35-12-14/h9-10,16-20,22,24-25,32-33H,3-8,11-13H2,1-2H3/t16-,17-,18+,19-,20-,22-,24-,25+,26+,27+,28+,29+/m1/s1. The first-order valence-corrected chi connectivity index (χ1v) is 14.3. The van der Waals surface area contributed by atoms with E-state index in [-0.39, 0.29) is 43.2 Å². The lowest BCUT2D eigenvalue weighted by molar-refractivity contribution is -0.421. The molecule has 12 atom stereocenters. The number of ether oxygens (including phenoxy) is 6. The topological polar surface area (TPSA) is 130 Å². The first-order chi connectivity index (χ1) is 18.6. The predicted octanol–water partition coefficient (Wildman–Crippen LogP) is 1.52. The van der Waals surface area contributed by atoms with Crippen molar-refractivity contribution in [1.82, 2.24) is 0 Å². The maximum atomic E-state index is 14.3. The van der Waals surface area contributed by atoms with E-state index in [4.69, 9.17) is 28.4 Å². The van der Waals surface area contributed by atoms with Gasteiger partial charge in [-0.15, -0.1) is 0 Å². The van der Waals surface area contributed by atoms with E-state index in [1.807, 2.05) is 6.92 Å². The number of hydrogen-bond acceptors (Lipinski definition) is 10. The largest absolute Gasteiger partial charge is 0.458 e. The molecule has 0 bridgehead atoms. The van der Waals surface area contributed by atoms with Gasteiger partial charge in [-0.3, -0.25) is 4.79 Å². The minimum atomic E-state index is -1.36. The SMILES string of the molecule is C[C@]12[C@H](O)C(=O)[C@H]3[C@@H](CCC4=C[C@@H]5O[C@@H]6OCC[C@H]7OCO[C@@]67O[C@@H]5C[C@@]43C)[C@@]1(O)CC[C@@H]2C1=CC(=O)OC1. The van der Waals surface area contributed by atoms with Crippen molar-refractivity contribution in [1.29, 1.82) is 0 Å². The molecule has 8 rings (SSSR count). The predicted molar refractivity (Wildman–Crippen MR) is 131 cm³/mol. The van der Waals surface area contributed by atoms with Crippen molar-refractivity contribution in [2.45, 2.75) is 94.5 Å². The molecule has 10 nitrogen and oxygen atoms in total. The normalized spacial score (nSPS) is 55.8. The van der Waals surface area contributed by atoms with Crippen LogP contribution in [0, 0.1) is 28.6 Å². The van der Waals surface area contributed by atoms with E-state index in [9.17, 15) is 19.8 Å².